The number of allylic oxidation sites excluding steroid dienone is 1. The van der Waals surface area contributed by atoms with Gasteiger partial charge in [0.25, 0.3) is 0 Å². The third-order valence-electron chi connectivity index (χ3n) is 3.25. The van der Waals surface area contributed by atoms with Crippen molar-refractivity contribution in [1.82, 2.24) is 0 Å². The van der Waals surface area contributed by atoms with E-state index in [0.29, 0.717) is 0 Å². The predicted octanol–water partition coefficient (Wildman–Crippen LogP) is 5.02. The monoisotopic (exact) mass is 298 g/mol. The average Bonchev–Trinajstić information content (AvgIpc) is 2.36. The van der Waals surface area contributed by atoms with Gasteiger partial charge in [0.05, 0.1) is 5.92 Å². The summed E-state index contributed by atoms with van der Waals surface area (Å²) in [5.74, 6) is -13.5. The Kier molecular flexibility index (Phi) is 3.34. The van der Waals surface area contributed by atoms with Crippen molar-refractivity contribution in [3.05, 3.63) is 41.5 Å². The van der Waals surface area contributed by atoms with Gasteiger partial charge in [0.1, 0.15) is 0 Å². The van der Waals surface area contributed by atoms with Crippen LogP contribution in [0.2, 0.25) is 0 Å². The Morgan fingerprint density at radius 1 is 0.900 bits per heavy atom. The minimum absolute atomic E-state index is 0.205. The zero-order valence-electron chi connectivity index (χ0n) is 9.89. The van der Waals surface area contributed by atoms with E-state index in [0.717, 1.165) is 6.07 Å². The lowest BCUT2D eigenvalue weighted by molar-refractivity contribution is -0.359. The molecule has 0 saturated carbocycles. The second-order valence-electron chi connectivity index (χ2n) is 4.51. The first-order valence-electron chi connectivity index (χ1n) is 5.67. The van der Waals surface area contributed by atoms with Crippen LogP contribution in [0.1, 0.15) is 23.5 Å². The number of rotatable bonds is 2. The third-order valence-corrected chi connectivity index (χ3v) is 3.25. The molecule has 0 fully saturated rings. The van der Waals surface area contributed by atoms with E-state index >= 15 is 0 Å². The van der Waals surface area contributed by atoms with Crippen LogP contribution in [0, 0.1) is 0 Å². The first-order valence-corrected chi connectivity index (χ1v) is 5.67. The Bertz CT molecular complexity index is 528. The highest BCUT2D eigenvalue weighted by molar-refractivity contribution is 5.58. The number of hydrogen-bond acceptors (Lipinski definition) is 0. The molecule has 110 valence electrons. The van der Waals surface area contributed by atoms with E-state index in [9.17, 15) is 30.7 Å². The largest absolute Gasteiger partial charge is 0.459 e. The van der Waals surface area contributed by atoms with Gasteiger partial charge in [0.15, 0.2) is 0 Å². The summed E-state index contributed by atoms with van der Waals surface area (Å²) in [5.41, 5.74) is 0.0188. The van der Waals surface area contributed by atoms with Crippen LogP contribution >= 0.6 is 0 Å². The Labute approximate surface area is 109 Å². The lowest BCUT2D eigenvalue weighted by Gasteiger charge is -2.35. The van der Waals surface area contributed by atoms with Gasteiger partial charge in [0.2, 0.25) is 0 Å². The van der Waals surface area contributed by atoms with Crippen molar-refractivity contribution in [2.75, 3.05) is 0 Å². The molecule has 0 spiro atoms. The van der Waals surface area contributed by atoms with Gasteiger partial charge in [-0.2, -0.15) is 30.7 Å². The molecule has 0 radical (unpaired) electrons. The van der Waals surface area contributed by atoms with E-state index < -0.39 is 30.4 Å². The molecule has 1 aliphatic carbocycles. The van der Waals surface area contributed by atoms with Crippen LogP contribution in [0.5, 0.6) is 0 Å². The van der Waals surface area contributed by atoms with Crippen LogP contribution in [0.25, 0.3) is 6.08 Å². The average molecular weight is 298 g/mol. The van der Waals surface area contributed by atoms with Crippen LogP contribution in [-0.2, 0) is 0 Å². The number of hydrogen-bond donors (Lipinski definition) is 0. The summed E-state index contributed by atoms with van der Waals surface area (Å²) in [5, 5.41) is 0. The van der Waals surface area contributed by atoms with Crippen LogP contribution in [0.4, 0.5) is 30.7 Å². The second kappa shape index (κ2) is 4.49. The molecule has 0 aromatic heterocycles. The highest BCUT2D eigenvalue weighted by Crippen LogP contribution is 2.54. The quantitative estimate of drug-likeness (QED) is 0.672. The van der Waals surface area contributed by atoms with Gasteiger partial charge in [-0.25, -0.2) is 0 Å². The van der Waals surface area contributed by atoms with Crippen LogP contribution in [-0.4, -0.2) is 18.0 Å². The maximum atomic E-state index is 13.8. The second-order valence-corrected chi connectivity index (χ2v) is 4.51. The van der Waals surface area contributed by atoms with Crippen molar-refractivity contribution in [1.29, 1.82) is 0 Å². The maximum Gasteiger partial charge on any atom is 0.459 e. The van der Waals surface area contributed by atoms with Crippen molar-refractivity contribution >= 4 is 6.08 Å². The number of alkyl halides is 7. The zero-order valence-corrected chi connectivity index (χ0v) is 9.89. The van der Waals surface area contributed by atoms with Gasteiger partial charge in [-0.05, 0) is 17.5 Å². The van der Waals surface area contributed by atoms with Crippen LogP contribution < -0.4 is 0 Å². The van der Waals surface area contributed by atoms with Gasteiger partial charge < -0.3 is 0 Å². The molecule has 1 aromatic rings. The minimum atomic E-state index is -6.30. The van der Waals surface area contributed by atoms with Crippen molar-refractivity contribution in [2.45, 2.75) is 30.4 Å². The molecule has 0 amide bonds. The molecule has 1 atom stereocenters. The van der Waals surface area contributed by atoms with E-state index in [1.165, 1.54) is 30.4 Å². The summed E-state index contributed by atoms with van der Waals surface area (Å²) < 4.78 is 90.3. The predicted molar refractivity (Wildman–Crippen MR) is 58.8 cm³/mol. The van der Waals surface area contributed by atoms with Crippen molar-refractivity contribution < 1.29 is 30.7 Å². The van der Waals surface area contributed by atoms with Gasteiger partial charge in [-0.1, -0.05) is 36.4 Å². The fraction of sp³-hybridized carbons (Fsp3) is 0.385. The molecular weight excluding hydrogens is 289 g/mol. The molecule has 1 aromatic carbocycles. The fourth-order valence-corrected chi connectivity index (χ4v) is 2.19. The lowest BCUT2D eigenvalue weighted by atomic mass is 9.80. The van der Waals surface area contributed by atoms with Crippen molar-refractivity contribution in [2.24, 2.45) is 0 Å². The van der Waals surface area contributed by atoms with Gasteiger partial charge in [-0.15, -0.1) is 0 Å². The first-order chi connectivity index (χ1) is 9.09. The lowest BCUT2D eigenvalue weighted by Crippen LogP contribution is -2.55. The summed E-state index contributed by atoms with van der Waals surface area (Å²) in [6, 6.07) is 5.35. The van der Waals surface area contributed by atoms with Gasteiger partial charge in [0, 0.05) is 0 Å². The molecule has 20 heavy (non-hydrogen) atoms. The standard InChI is InChI=1S/C13H9F7/c14-11(15,12(16,17)13(18,19)20)10-7-3-5-8-4-1-2-6-9(8)10/h1-6,10H,7H2. The van der Waals surface area contributed by atoms with E-state index in [1.54, 1.807) is 0 Å². The fourth-order valence-electron chi connectivity index (χ4n) is 2.19. The van der Waals surface area contributed by atoms with E-state index in [4.69, 9.17) is 0 Å². The topological polar surface area (TPSA) is 0 Å². The molecule has 0 bridgehead atoms. The molecular formula is C13H9F7. The highest BCUT2D eigenvalue weighted by atomic mass is 19.4. The Balaban J connectivity index is 2.49. The molecule has 0 saturated heterocycles. The number of fused-ring (bicyclic) bond motifs is 1. The number of halogens is 7. The Morgan fingerprint density at radius 2 is 1.50 bits per heavy atom. The van der Waals surface area contributed by atoms with E-state index in [-0.39, 0.29) is 11.1 Å². The molecule has 0 aliphatic heterocycles. The highest BCUT2D eigenvalue weighted by Gasteiger charge is 2.75. The molecule has 7 heteroatoms. The Morgan fingerprint density at radius 3 is 2.10 bits per heavy atom. The van der Waals surface area contributed by atoms with Gasteiger partial charge >= 0.3 is 18.0 Å². The molecule has 1 unspecified atom stereocenters. The van der Waals surface area contributed by atoms with Crippen molar-refractivity contribution in [3.8, 4) is 0 Å². The first kappa shape index (κ1) is 14.9. The molecule has 0 N–H and O–H groups in total. The molecule has 0 heterocycles. The molecule has 2 rings (SSSR count). The van der Waals surface area contributed by atoms with Crippen LogP contribution in [0.3, 0.4) is 0 Å². The normalized spacial score (nSPS) is 19.9. The summed E-state index contributed by atoms with van der Waals surface area (Å²) in [6.45, 7) is 0. The summed E-state index contributed by atoms with van der Waals surface area (Å²) in [4.78, 5) is 0. The van der Waals surface area contributed by atoms with Gasteiger partial charge in [-0.3, -0.25) is 0 Å². The molecule has 0 nitrogen and oxygen atoms in total. The smallest absolute Gasteiger partial charge is 0.199 e. The Hall–Kier alpha value is -1.53. The van der Waals surface area contributed by atoms with Crippen LogP contribution in [0.15, 0.2) is 30.3 Å². The van der Waals surface area contributed by atoms with E-state index in [1.807, 2.05) is 0 Å². The SMILES string of the molecule is FC(F)(F)C(F)(F)C(F)(F)C1CC=Cc2ccccc21. The third kappa shape index (κ3) is 2.09. The summed E-state index contributed by atoms with van der Waals surface area (Å²) in [6.07, 6.45) is -4.27. The molecule has 1 aliphatic rings. The van der Waals surface area contributed by atoms with Crippen molar-refractivity contribution in [3.63, 3.8) is 0 Å². The van der Waals surface area contributed by atoms with E-state index in [2.05, 4.69) is 0 Å². The number of benzene rings is 1. The summed E-state index contributed by atoms with van der Waals surface area (Å²) >= 11 is 0. The minimum Gasteiger partial charge on any atom is -0.199 e. The summed E-state index contributed by atoms with van der Waals surface area (Å²) in [7, 11) is 0. The zero-order chi connectivity index (χ0) is 15.2. The maximum absolute atomic E-state index is 13.8.